The van der Waals surface area contributed by atoms with Gasteiger partial charge >= 0.3 is 0 Å². The minimum Gasteiger partial charge on any atom is -0.480 e. The first-order chi connectivity index (χ1) is 10.9. The molecule has 22 heavy (non-hydrogen) atoms. The minimum absolute atomic E-state index is 0.658. The van der Waals surface area contributed by atoms with Crippen molar-refractivity contribution in [2.75, 3.05) is 13.2 Å². The predicted octanol–water partition coefficient (Wildman–Crippen LogP) is 6.27. The second-order valence-electron chi connectivity index (χ2n) is 4.48. The highest BCUT2D eigenvalue weighted by Gasteiger charge is 2.35. The summed E-state index contributed by atoms with van der Waals surface area (Å²) in [5.41, 5.74) is 0. The maximum Gasteiger partial charge on any atom is 0.208 e. The molecular formula is C14H8O2S6. The van der Waals surface area contributed by atoms with Crippen LogP contribution in [-0.4, -0.2) is 13.2 Å². The number of rotatable bonds is 0. The first-order valence-electron chi connectivity index (χ1n) is 6.51. The highest BCUT2D eigenvalue weighted by Crippen LogP contribution is 2.67. The molecule has 0 unspecified atom stereocenters. The highest BCUT2D eigenvalue weighted by molar-refractivity contribution is 8.42. The summed E-state index contributed by atoms with van der Waals surface area (Å²) in [6, 6.07) is 8.63. The molecule has 0 bridgehead atoms. The quantitative estimate of drug-likeness (QED) is 0.501. The van der Waals surface area contributed by atoms with E-state index in [2.05, 4.69) is 24.3 Å². The van der Waals surface area contributed by atoms with Crippen LogP contribution in [0.25, 0.3) is 0 Å². The summed E-state index contributed by atoms with van der Waals surface area (Å²) >= 11 is 11.0. The van der Waals surface area contributed by atoms with E-state index < -0.39 is 0 Å². The Morgan fingerprint density at radius 3 is 1.59 bits per heavy atom. The van der Waals surface area contributed by atoms with Crippen molar-refractivity contribution in [3.8, 4) is 0 Å². The van der Waals surface area contributed by atoms with Gasteiger partial charge in [-0.2, -0.15) is 0 Å². The van der Waals surface area contributed by atoms with Gasteiger partial charge in [0.25, 0.3) is 0 Å². The van der Waals surface area contributed by atoms with Gasteiger partial charge in [0.1, 0.15) is 13.2 Å². The van der Waals surface area contributed by atoms with E-state index in [0.717, 1.165) is 10.2 Å². The number of fused-ring (bicyclic) bond motifs is 1. The van der Waals surface area contributed by atoms with Gasteiger partial charge in [-0.15, -0.1) is 0 Å². The Labute approximate surface area is 153 Å². The molecule has 1 aromatic rings. The number of hydrogen-bond acceptors (Lipinski definition) is 8. The van der Waals surface area contributed by atoms with E-state index in [1.54, 1.807) is 23.5 Å². The van der Waals surface area contributed by atoms with Crippen molar-refractivity contribution in [3.05, 3.63) is 51.4 Å². The number of thioether (sulfide) groups is 6. The van der Waals surface area contributed by atoms with Gasteiger partial charge in [0.15, 0.2) is 0 Å². The summed E-state index contributed by atoms with van der Waals surface area (Å²) in [7, 11) is 0. The lowest BCUT2D eigenvalue weighted by Gasteiger charge is -2.14. The molecule has 8 heteroatoms. The molecule has 4 heterocycles. The molecule has 4 aliphatic rings. The van der Waals surface area contributed by atoms with Gasteiger partial charge < -0.3 is 9.47 Å². The largest absolute Gasteiger partial charge is 0.480 e. The van der Waals surface area contributed by atoms with Crippen molar-refractivity contribution in [3.63, 3.8) is 0 Å². The number of ether oxygens (including phenoxy) is 2. The second kappa shape index (κ2) is 5.89. The zero-order valence-corrected chi connectivity index (χ0v) is 15.9. The summed E-state index contributed by atoms with van der Waals surface area (Å²) in [6.45, 7) is 1.32. The van der Waals surface area contributed by atoms with Gasteiger partial charge in [0, 0.05) is 9.79 Å². The SMILES string of the molecule is c1ccc2c(c1)SC1=C(SC(=C3SC4=C(OCCO4)S3)S1)S2. The Morgan fingerprint density at radius 2 is 1.05 bits per heavy atom. The Kier molecular flexibility index (Phi) is 3.88. The van der Waals surface area contributed by atoms with Crippen LogP contribution in [0.5, 0.6) is 0 Å². The number of hydrogen-bond donors (Lipinski definition) is 0. The first-order valence-corrected chi connectivity index (χ1v) is 11.4. The van der Waals surface area contributed by atoms with Crippen LogP contribution in [0.4, 0.5) is 0 Å². The van der Waals surface area contributed by atoms with Crippen LogP contribution in [-0.2, 0) is 9.47 Å². The van der Waals surface area contributed by atoms with E-state index >= 15 is 0 Å². The third-order valence-corrected chi connectivity index (χ3v) is 11.6. The molecule has 2 nitrogen and oxygen atoms in total. The molecule has 0 fully saturated rings. The average Bonchev–Trinajstić information content (AvgIpc) is 3.15. The minimum atomic E-state index is 0.658. The van der Waals surface area contributed by atoms with Crippen molar-refractivity contribution in [1.29, 1.82) is 0 Å². The Balaban J connectivity index is 1.39. The molecule has 0 spiro atoms. The normalized spacial score (nSPS) is 23.1. The van der Waals surface area contributed by atoms with Crippen LogP contribution < -0.4 is 0 Å². The molecule has 0 saturated carbocycles. The molecule has 0 atom stereocenters. The summed E-state index contributed by atoms with van der Waals surface area (Å²) in [5, 5.41) is 1.88. The summed E-state index contributed by atoms with van der Waals surface area (Å²) in [6.07, 6.45) is 0. The van der Waals surface area contributed by atoms with Crippen molar-refractivity contribution in [2.24, 2.45) is 0 Å². The van der Waals surface area contributed by atoms with Crippen LogP contribution >= 0.6 is 70.6 Å². The van der Waals surface area contributed by atoms with Gasteiger partial charge in [-0.05, 0) is 35.7 Å². The summed E-state index contributed by atoms with van der Waals surface area (Å²) < 4.78 is 16.8. The molecule has 0 aliphatic carbocycles. The van der Waals surface area contributed by atoms with Crippen molar-refractivity contribution < 1.29 is 9.47 Å². The Bertz CT molecular complexity index is 707. The fourth-order valence-corrected chi connectivity index (χ4v) is 10.5. The fourth-order valence-electron chi connectivity index (χ4n) is 2.10. The molecule has 0 N–H and O–H groups in total. The lowest BCUT2D eigenvalue weighted by atomic mass is 10.4. The van der Waals surface area contributed by atoms with Gasteiger partial charge in [-0.3, -0.25) is 0 Å². The van der Waals surface area contributed by atoms with E-state index in [-0.39, 0.29) is 0 Å². The lowest BCUT2D eigenvalue weighted by Crippen LogP contribution is -2.08. The standard InChI is InChI=1S/C14H8O2S6/c1-2-4-8-7(3-1)17-11-12(18-8)22-14(21-11)13-19-9-10(20-13)16-6-5-15-9/h1-4H,5-6H2. The van der Waals surface area contributed by atoms with Crippen LogP contribution in [0.2, 0.25) is 0 Å². The lowest BCUT2D eigenvalue weighted by molar-refractivity contribution is 0.0949. The van der Waals surface area contributed by atoms with Gasteiger partial charge in [-0.1, -0.05) is 59.2 Å². The maximum absolute atomic E-state index is 5.68. The summed E-state index contributed by atoms with van der Waals surface area (Å²) in [5.74, 6) is 0. The molecule has 0 radical (unpaired) electrons. The van der Waals surface area contributed by atoms with Crippen LogP contribution in [0.1, 0.15) is 0 Å². The molecule has 0 aromatic heterocycles. The summed E-state index contributed by atoms with van der Waals surface area (Å²) in [4.78, 5) is 2.72. The first kappa shape index (κ1) is 14.5. The zero-order valence-electron chi connectivity index (χ0n) is 11.0. The van der Waals surface area contributed by atoms with E-state index in [0.29, 0.717) is 13.2 Å². The van der Waals surface area contributed by atoms with Crippen LogP contribution in [0.3, 0.4) is 0 Å². The maximum atomic E-state index is 5.68. The smallest absolute Gasteiger partial charge is 0.208 e. The van der Waals surface area contributed by atoms with Crippen LogP contribution in [0, 0.1) is 0 Å². The zero-order chi connectivity index (χ0) is 14.5. The van der Waals surface area contributed by atoms with Crippen LogP contribution in [0.15, 0.2) is 61.2 Å². The van der Waals surface area contributed by atoms with Gasteiger partial charge in [0.05, 0.1) is 16.9 Å². The third kappa shape index (κ3) is 2.52. The molecule has 1 aromatic carbocycles. The number of benzene rings is 1. The third-order valence-electron chi connectivity index (χ3n) is 3.05. The fraction of sp³-hybridized carbons (Fsp3) is 0.143. The van der Waals surface area contributed by atoms with Crippen molar-refractivity contribution in [2.45, 2.75) is 9.79 Å². The van der Waals surface area contributed by atoms with Gasteiger partial charge in [-0.25, -0.2) is 0 Å². The molecule has 5 rings (SSSR count). The van der Waals surface area contributed by atoms with Gasteiger partial charge in [0.2, 0.25) is 10.2 Å². The van der Waals surface area contributed by atoms with E-state index in [4.69, 9.17) is 9.47 Å². The van der Waals surface area contributed by atoms with Crippen molar-refractivity contribution in [1.82, 2.24) is 0 Å². The monoisotopic (exact) mass is 400 g/mol. The Morgan fingerprint density at radius 1 is 0.591 bits per heavy atom. The molecular weight excluding hydrogens is 393 g/mol. The molecule has 4 aliphatic heterocycles. The van der Waals surface area contributed by atoms with E-state index in [9.17, 15) is 0 Å². The predicted molar refractivity (Wildman–Crippen MR) is 102 cm³/mol. The Hall–Kier alpha value is 0.140. The second-order valence-corrected chi connectivity index (χ2v) is 11.6. The molecule has 0 saturated heterocycles. The molecule has 112 valence electrons. The topological polar surface area (TPSA) is 18.5 Å². The van der Waals surface area contributed by atoms with E-state index in [1.165, 1.54) is 26.7 Å². The average molecular weight is 401 g/mol. The van der Waals surface area contributed by atoms with Crippen molar-refractivity contribution >= 4 is 70.6 Å². The van der Waals surface area contributed by atoms with E-state index in [1.807, 2.05) is 47.0 Å². The molecule has 0 amide bonds. The highest BCUT2D eigenvalue weighted by atomic mass is 32.3.